The van der Waals surface area contributed by atoms with Gasteiger partial charge in [-0.3, -0.25) is 0 Å². The molecule has 0 heterocycles. The lowest BCUT2D eigenvalue weighted by Crippen LogP contribution is -2.05. The number of alkyl halides is 3. The number of rotatable bonds is 3. The molecular weight excluding hydrogens is 239 g/mol. The average molecular weight is 249 g/mol. The first-order valence-electron chi connectivity index (χ1n) is 5.01. The maximum absolute atomic E-state index is 12.5. The Labute approximate surface area is 103 Å². The zero-order valence-electron chi connectivity index (χ0n) is 9.46. The number of nitrogens with zero attached hydrogens (tertiary/aromatic N) is 1. The van der Waals surface area contributed by atoms with Gasteiger partial charge in [-0.2, -0.15) is 18.4 Å². The third-order valence-electron chi connectivity index (χ3n) is 2.30. The van der Waals surface area contributed by atoms with E-state index < -0.39 is 11.7 Å². The SMILES string of the molecule is C=CC=C(C=C)c1ccc(C(F)(F)F)cc1C#N. The Balaban J connectivity index is 3.42. The zero-order valence-corrected chi connectivity index (χ0v) is 9.46. The van der Waals surface area contributed by atoms with E-state index in [-0.39, 0.29) is 5.56 Å². The Bertz CT molecular complexity index is 545. The first-order chi connectivity index (χ1) is 8.43. The monoisotopic (exact) mass is 249 g/mol. The lowest BCUT2D eigenvalue weighted by molar-refractivity contribution is -0.137. The van der Waals surface area contributed by atoms with E-state index in [9.17, 15) is 13.2 Å². The fourth-order valence-electron chi connectivity index (χ4n) is 1.46. The Hall–Kier alpha value is -2.28. The number of nitriles is 1. The van der Waals surface area contributed by atoms with Gasteiger partial charge in [0.05, 0.1) is 17.2 Å². The van der Waals surface area contributed by atoms with Crippen LogP contribution in [-0.4, -0.2) is 0 Å². The van der Waals surface area contributed by atoms with Gasteiger partial charge < -0.3 is 0 Å². The molecule has 0 aliphatic carbocycles. The number of hydrogen-bond acceptors (Lipinski definition) is 1. The second kappa shape index (κ2) is 5.37. The molecular formula is C14H10F3N. The molecule has 0 fully saturated rings. The van der Waals surface area contributed by atoms with Crippen molar-refractivity contribution >= 4 is 5.57 Å². The number of halogens is 3. The Morgan fingerprint density at radius 2 is 1.94 bits per heavy atom. The van der Waals surface area contributed by atoms with Crippen LogP contribution >= 0.6 is 0 Å². The minimum absolute atomic E-state index is 0.0437. The first kappa shape index (κ1) is 13.8. The van der Waals surface area contributed by atoms with Crippen LogP contribution in [0.15, 0.2) is 49.6 Å². The van der Waals surface area contributed by atoms with Gasteiger partial charge in [-0.25, -0.2) is 0 Å². The molecule has 4 heteroatoms. The van der Waals surface area contributed by atoms with Crippen LogP contribution < -0.4 is 0 Å². The van der Waals surface area contributed by atoms with Crippen molar-refractivity contribution in [3.63, 3.8) is 0 Å². The van der Waals surface area contributed by atoms with Crippen LogP contribution in [0.1, 0.15) is 16.7 Å². The molecule has 0 saturated carbocycles. The van der Waals surface area contributed by atoms with Crippen molar-refractivity contribution < 1.29 is 13.2 Å². The van der Waals surface area contributed by atoms with E-state index in [1.807, 2.05) is 0 Å². The van der Waals surface area contributed by atoms with Crippen LogP contribution in [0.3, 0.4) is 0 Å². The summed E-state index contributed by atoms with van der Waals surface area (Å²) < 4.78 is 37.5. The standard InChI is InChI=1S/C14H10F3N/c1-3-5-10(4-2)13-7-6-12(14(15,16)17)8-11(13)9-18/h3-8H,1-2H2. The van der Waals surface area contributed by atoms with E-state index in [1.54, 1.807) is 12.1 Å². The van der Waals surface area contributed by atoms with Gasteiger partial charge in [-0.05, 0) is 23.3 Å². The molecule has 1 nitrogen and oxygen atoms in total. The second-order valence-electron chi connectivity index (χ2n) is 3.43. The molecule has 0 spiro atoms. The maximum atomic E-state index is 12.5. The van der Waals surface area contributed by atoms with Crippen molar-refractivity contribution in [2.75, 3.05) is 0 Å². The number of hydrogen-bond donors (Lipinski definition) is 0. The van der Waals surface area contributed by atoms with Crippen molar-refractivity contribution in [1.82, 2.24) is 0 Å². The molecule has 92 valence electrons. The van der Waals surface area contributed by atoms with Gasteiger partial charge in [0, 0.05) is 0 Å². The summed E-state index contributed by atoms with van der Waals surface area (Å²) in [6.45, 7) is 7.05. The molecule has 0 bridgehead atoms. The highest BCUT2D eigenvalue weighted by Crippen LogP contribution is 2.32. The highest BCUT2D eigenvalue weighted by atomic mass is 19.4. The molecule has 0 aromatic heterocycles. The van der Waals surface area contributed by atoms with Gasteiger partial charge in [0.15, 0.2) is 0 Å². The second-order valence-corrected chi connectivity index (χ2v) is 3.43. The largest absolute Gasteiger partial charge is 0.416 e. The minimum atomic E-state index is -4.46. The third kappa shape index (κ3) is 2.89. The Kier molecular flexibility index (Phi) is 4.11. The number of benzene rings is 1. The molecule has 0 aliphatic rings. The molecule has 0 radical (unpaired) electrons. The average Bonchev–Trinajstić information content (AvgIpc) is 2.34. The van der Waals surface area contributed by atoms with Crippen LogP contribution in [-0.2, 0) is 6.18 Å². The molecule has 0 aliphatic heterocycles. The van der Waals surface area contributed by atoms with Crippen molar-refractivity contribution in [1.29, 1.82) is 5.26 Å². The van der Waals surface area contributed by atoms with Gasteiger partial charge in [0.2, 0.25) is 0 Å². The molecule has 1 aromatic rings. The van der Waals surface area contributed by atoms with Gasteiger partial charge in [-0.15, -0.1) is 0 Å². The molecule has 0 atom stereocenters. The van der Waals surface area contributed by atoms with E-state index in [4.69, 9.17) is 5.26 Å². The summed E-state index contributed by atoms with van der Waals surface area (Å²) >= 11 is 0. The van der Waals surface area contributed by atoms with E-state index in [1.165, 1.54) is 18.2 Å². The maximum Gasteiger partial charge on any atom is 0.416 e. The molecule has 1 rings (SSSR count). The predicted octanol–water partition coefficient (Wildman–Crippen LogP) is 4.33. The fourth-order valence-corrected chi connectivity index (χ4v) is 1.46. The van der Waals surface area contributed by atoms with Crippen molar-refractivity contribution in [3.05, 3.63) is 66.3 Å². The van der Waals surface area contributed by atoms with Gasteiger partial charge in [0.1, 0.15) is 0 Å². The zero-order chi connectivity index (χ0) is 13.8. The minimum Gasteiger partial charge on any atom is -0.192 e. The lowest BCUT2D eigenvalue weighted by atomic mass is 9.97. The van der Waals surface area contributed by atoms with E-state index in [0.29, 0.717) is 11.1 Å². The summed E-state index contributed by atoms with van der Waals surface area (Å²) in [5.74, 6) is 0. The van der Waals surface area contributed by atoms with Crippen LogP contribution in [0.2, 0.25) is 0 Å². The fraction of sp³-hybridized carbons (Fsp3) is 0.0714. The Morgan fingerprint density at radius 3 is 2.39 bits per heavy atom. The summed E-state index contributed by atoms with van der Waals surface area (Å²) in [4.78, 5) is 0. The van der Waals surface area contributed by atoms with Crippen LogP contribution in [0.4, 0.5) is 13.2 Å². The van der Waals surface area contributed by atoms with Crippen molar-refractivity contribution in [2.24, 2.45) is 0 Å². The topological polar surface area (TPSA) is 23.8 Å². The van der Waals surface area contributed by atoms with Crippen LogP contribution in [0.25, 0.3) is 5.57 Å². The summed E-state index contributed by atoms with van der Waals surface area (Å²) in [6.07, 6.45) is 0.0675. The predicted molar refractivity (Wildman–Crippen MR) is 64.5 cm³/mol. The molecule has 0 unspecified atom stereocenters. The molecule has 0 N–H and O–H groups in total. The highest BCUT2D eigenvalue weighted by molar-refractivity contribution is 5.78. The third-order valence-corrected chi connectivity index (χ3v) is 2.30. The Morgan fingerprint density at radius 1 is 1.28 bits per heavy atom. The van der Waals surface area contributed by atoms with E-state index >= 15 is 0 Å². The van der Waals surface area contributed by atoms with E-state index in [2.05, 4.69) is 13.2 Å². The van der Waals surface area contributed by atoms with Gasteiger partial charge in [-0.1, -0.05) is 37.5 Å². The van der Waals surface area contributed by atoms with Crippen LogP contribution in [0.5, 0.6) is 0 Å². The van der Waals surface area contributed by atoms with Crippen molar-refractivity contribution in [3.8, 4) is 6.07 Å². The number of allylic oxidation sites excluding steroid dienone is 4. The highest BCUT2D eigenvalue weighted by Gasteiger charge is 2.31. The summed E-state index contributed by atoms with van der Waals surface area (Å²) in [7, 11) is 0. The summed E-state index contributed by atoms with van der Waals surface area (Å²) in [5, 5.41) is 8.92. The summed E-state index contributed by atoms with van der Waals surface area (Å²) in [6, 6.07) is 4.79. The first-order valence-corrected chi connectivity index (χ1v) is 5.01. The van der Waals surface area contributed by atoms with Gasteiger partial charge >= 0.3 is 6.18 Å². The van der Waals surface area contributed by atoms with Crippen molar-refractivity contribution in [2.45, 2.75) is 6.18 Å². The summed E-state index contributed by atoms with van der Waals surface area (Å²) in [5.41, 5.74) is 0.0679. The van der Waals surface area contributed by atoms with E-state index in [0.717, 1.165) is 12.1 Å². The molecule has 0 amide bonds. The smallest absolute Gasteiger partial charge is 0.192 e. The van der Waals surface area contributed by atoms with Gasteiger partial charge in [0.25, 0.3) is 0 Å². The lowest BCUT2D eigenvalue weighted by Gasteiger charge is -2.10. The normalized spacial score (nSPS) is 11.8. The molecule has 18 heavy (non-hydrogen) atoms. The molecule has 1 aromatic carbocycles. The molecule has 0 saturated heterocycles. The van der Waals surface area contributed by atoms with Crippen LogP contribution in [0, 0.1) is 11.3 Å². The quantitative estimate of drug-likeness (QED) is 0.731.